The summed E-state index contributed by atoms with van der Waals surface area (Å²) in [6, 6.07) is 5.95. The minimum absolute atomic E-state index is 0.740. The molecule has 0 unspecified atom stereocenters. The van der Waals surface area contributed by atoms with Crippen LogP contribution in [0.4, 0.5) is 11.5 Å². The van der Waals surface area contributed by atoms with E-state index in [0.717, 1.165) is 42.4 Å². The third kappa shape index (κ3) is 2.70. The standard InChI is InChI=1S/C14H21N5/c1-4-12-13(15)14(18(3)17-12)19(5-2)10-11-8-6-7-9-16-11/h6-9H,4-5,10,15H2,1-3H3. The molecule has 0 aliphatic heterocycles. The normalized spacial score (nSPS) is 10.7. The first-order chi connectivity index (χ1) is 9.17. The second-order valence-corrected chi connectivity index (χ2v) is 4.50. The average Bonchev–Trinajstić information content (AvgIpc) is 2.72. The van der Waals surface area contributed by atoms with Crippen LogP contribution in [-0.2, 0) is 20.0 Å². The third-order valence-electron chi connectivity index (χ3n) is 3.22. The Morgan fingerprint density at radius 3 is 2.63 bits per heavy atom. The van der Waals surface area contributed by atoms with Crippen molar-refractivity contribution >= 4 is 11.5 Å². The van der Waals surface area contributed by atoms with Gasteiger partial charge in [-0.2, -0.15) is 5.10 Å². The van der Waals surface area contributed by atoms with Gasteiger partial charge in [0.25, 0.3) is 0 Å². The zero-order valence-electron chi connectivity index (χ0n) is 11.8. The van der Waals surface area contributed by atoms with Crippen LogP contribution >= 0.6 is 0 Å². The number of nitrogens with zero attached hydrogens (tertiary/aromatic N) is 4. The number of nitrogen functional groups attached to an aromatic ring is 1. The maximum absolute atomic E-state index is 6.20. The van der Waals surface area contributed by atoms with Crippen molar-refractivity contribution in [1.29, 1.82) is 0 Å². The number of aromatic nitrogens is 3. The van der Waals surface area contributed by atoms with Gasteiger partial charge in [-0.3, -0.25) is 9.67 Å². The number of hydrogen-bond acceptors (Lipinski definition) is 4. The fourth-order valence-electron chi connectivity index (χ4n) is 2.25. The summed E-state index contributed by atoms with van der Waals surface area (Å²) >= 11 is 0. The monoisotopic (exact) mass is 259 g/mol. The van der Waals surface area contributed by atoms with Gasteiger partial charge in [0.1, 0.15) is 0 Å². The Morgan fingerprint density at radius 2 is 2.11 bits per heavy atom. The zero-order valence-corrected chi connectivity index (χ0v) is 11.8. The Balaban J connectivity index is 2.30. The molecule has 0 spiro atoms. The molecule has 5 heteroatoms. The maximum atomic E-state index is 6.20. The number of hydrogen-bond donors (Lipinski definition) is 1. The van der Waals surface area contributed by atoms with Crippen molar-refractivity contribution in [3.63, 3.8) is 0 Å². The maximum Gasteiger partial charge on any atom is 0.150 e. The molecule has 0 aromatic carbocycles. The first-order valence-electron chi connectivity index (χ1n) is 6.63. The molecule has 0 atom stereocenters. The van der Waals surface area contributed by atoms with E-state index in [1.165, 1.54) is 0 Å². The molecule has 19 heavy (non-hydrogen) atoms. The minimum Gasteiger partial charge on any atom is -0.394 e. The molecule has 2 N–H and O–H groups in total. The highest BCUT2D eigenvalue weighted by Crippen LogP contribution is 2.27. The van der Waals surface area contributed by atoms with E-state index < -0.39 is 0 Å². The van der Waals surface area contributed by atoms with E-state index in [1.807, 2.05) is 36.1 Å². The number of rotatable bonds is 5. The Bertz CT molecular complexity index is 532. The smallest absolute Gasteiger partial charge is 0.150 e. The molecule has 2 rings (SSSR count). The van der Waals surface area contributed by atoms with Gasteiger partial charge in [0, 0.05) is 19.8 Å². The summed E-state index contributed by atoms with van der Waals surface area (Å²) in [5.74, 6) is 0.977. The van der Waals surface area contributed by atoms with Gasteiger partial charge in [-0.05, 0) is 25.5 Å². The molecular formula is C14H21N5. The van der Waals surface area contributed by atoms with Crippen molar-refractivity contribution in [2.24, 2.45) is 7.05 Å². The number of nitrogens with two attached hydrogens (primary N) is 1. The molecule has 2 aromatic heterocycles. The van der Waals surface area contributed by atoms with Crippen LogP contribution in [0, 0.1) is 0 Å². The second-order valence-electron chi connectivity index (χ2n) is 4.50. The fourth-order valence-corrected chi connectivity index (χ4v) is 2.25. The van der Waals surface area contributed by atoms with Crippen LogP contribution in [0.25, 0.3) is 0 Å². The lowest BCUT2D eigenvalue weighted by molar-refractivity contribution is 0.696. The van der Waals surface area contributed by atoms with Crippen LogP contribution in [-0.4, -0.2) is 21.3 Å². The lowest BCUT2D eigenvalue weighted by Crippen LogP contribution is -2.25. The highest BCUT2D eigenvalue weighted by Gasteiger charge is 2.17. The summed E-state index contributed by atoms with van der Waals surface area (Å²) < 4.78 is 1.86. The van der Waals surface area contributed by atoms with Gasteiger partial charge in [-0.25, -0.2) is 0 Å². The van der Waals surface area contributed by atoms with Gasteiger partial charge in [0.05, 0.1) is 23.6 Å². The summed E-state index contributed by atoms with van der Waals surface area (Å²) in [5.41, 5.74) is 8.97. The van der Waals surface area contributed by atoms with Crippen molar-refractivity contribution in [3.05, 3.63) is 35.8 Å². The first kappa shape index (κ1) is 13.4. The SMILES string of the molecule is CCc1nn(C)c(N(CC)Cc2ccccn2)c1N. The van der Waals surface area contributed by atoms with Gasteiger partial charge >= 0.3 is 0 Å². The molecule has 0 saturated heterocycles. The van der Waals surface area contributed by atoms with E-state index in [-0.39, 0.29) is 0 Å². The van der Waals surface area contributed by atoms with Crippen molar-refractivity contribution in [2.75, 3.05) is 17.2 Å². The van der Waals surface area contributed by atoms with Gasteiger partial charge in [0.15, 0.2) is 5.82 Å². The van der Waals surface area contributed by atoms with Crippen LogP contribution in [0.5, 0.6) is 0 Å². The van der Waals surface area contributed by atoms with E-state index in [1.54, 1.807) is 0 Å². The lowest BCUT2D eigenvalue weighted by Gasteiger charge is -2.23. The molecule has 0 aliphatic rings. The Kier molecular flexibility index (Phi) is 4.04. The molecule has 2 heterocycles. The highest BCUT2D eigenvalue weighted by molar-refractivity contribution is 5.66. The molecule has 2 aromatic rings. The molecule has 0 bridgehead atoms. The molecular weight excluding hydrogens is 238 g/mol. The number of pyridine rings is 1. The molecule has 0 fully saturated rings. The Labute approximate surface area is 114 Å². The van der Waals surface area contributed by atoms with Crippen LogP contribution in [0.15, 0.2) is 24.4 Å². The minimum atomic E-state index is 0.740. The Morgan fingerprint density at radius 1 is 1.32 bits per heavy atom. The second kappa shape index (κ2) is 5.73. The summed E-state index contributed by atoms with van der Waals surface area (Å²) in [6.07, 6.45) is 2.66. The van der Waals surface area contributed by atoms with Crippen LogP contribution < -0.4 is 10.6 Å². The van der Waals surface area contributed by atoms with Crippen LogP contribution in [0.1, 0.15) is 25.2 Å². The predicted octanol–water partition coefficient (Wildman–Crippen LogP) is 1.99. The first-order valence-corrected chi connectivity index (χ1v) is 6.63. The highest BCUT2D eigenvalue weighted by atomic mass is 15.4. The van der Waals surface area contributed by atoms with Gasteiger partial charge in [0.2, 0.25) is 0 Å². The van der Waals surface area contributed by atoms with E-state index in [9.17, 15) is 0 Å². The quantitative estimate of drug-likeness (QED) is 0.892. The summed E-state index contributed by atoms with van der Waals surface area (Å²) in [4.78, 5) is 6.56. The summed E-state index contributed by atoms with van der Waals surface area (Å²) in [7, 11) is 1.94. The van der Waals surface area contributed by atoms with Crippen molar-refractivity contribution in [3.8, 4) is 0 Å². The van der Waals surface area contributed by atoms with E-state index in [2.05, 4.69) is 28.8 Å². The zero-order chi connectivity index (χ0) is 13.8. The van der Waals surface area contributed by atoms with Crippen molar-refractivity contribution in [1.82, 2.24) is 14.8 Å². The van der Waals surface area contributed by atoms with Crippen LogP contribution in [0.2, 0.25) is 0 Å². The molecule has 0 aliphatic carbocycles. The van der Waals surface area contributed by atoms with E-state index in [0.29, 0.717) is 0 Å². The Hall–Kier alpha value is -2.04. The number of anilines is 2. The lowest BCUT2D eigenvalue weighted by atomic mass is 10.2. The molecule has 5 nitrogen and oxygen atoms in total. The van der Waals surface area contributed by atoms with Crippen molar-refractivity contribution < 1.29 is 0 Å². The third-order valence-corrected chi connectivity index (χ3v) is 3.22. The molecule has 0 amide bonds. The molecule has 102 valence electrons. The molecule has 0 saturated carbocycles. The number of aryl methyl sites for hydroxylation is 2. The van der Waals surface area contributed by atoms with E-state index in [4.69, 9.17) is 5.73 Å². The topological polar surface area (TPSA) is 60.0 Å². The molecule has 0 radical (unpaired) electrons. The summed E-state index contributed by atoms with van der Waals surface area (Å²) in [6.45, 7) is 5.78. The van der Waals surface area contributed by atoms with E-state index >= 15 is 0 Å². The van der Waals surface area contributed by atoms with Gasteiger partial charge in [-0.15, -0.1) is 0 Å². The van der Waals surface area contributed by atoms with Crippen molar-refractivity contribution in [2.45, 2.75) is 26.8 Å². The summed E-state index contributed by atoms with van der Waals surface area (Å²) in [5, 5.41) is 4.47. The van der Waals surface area contributed by atoms with Crippen LogP contribution in [0.3, 0.4) is 0 Å². The fraction of sp³-hybridized carbons (Fsp3) is 0.429. The largest absolute Gasteiger partial charge is 0.394 e. The van der Waals surface area contributed by atoms with Gasteiger partial charge in [-0.1, -0.05) is 13.0 Å². The predicted molar refractivity (Wildman–Crippen MR) is 78.0 cm³/mol. The average molecular weight is 259 g/mol. The van der Waals surface area contributed by atoms with Gasteiger partial charge < -0.3 is 10.6 Å².